The van der Waals surface area contributed by atoms with Crippen molar-refractivity contribution >= 4 is 84.8 Å². The fraction of sp³-hybridized carbons (Fsp3) is 0.440. The Morgan fingerprint density at radius 1 is 0.646 bits per heavy atom. The molecular weight excluding hydrogens is 897 g/mol. The number of thioether (sulfide) groups is 2. The number of hydrogen-bond donors (Lipinski definition) is 4. The first-order valence-corrected chi connectivity index (χ1v) is 23.6. The minimum Gasteiger partial charge on any atom is -0.872 e. The largest absolute Gasteiger partial charge is 2.00 e. The molecule has 12 nitrogen and oxygen atoms in total. The smallest absolute Gasteiger partial charge is 0.872 e. The standard InChI is InChI=1S/2C25H32O6S.Ca/c2*1-4-6-21-22(12-11-20(17(3)26)25(21)30)31-13-5-14-32-19-9-7-18(8-10-19)24(29)16(2)15-23(27)28;/h2*7-12,16,24,29-30H,4-6,13-15H2,1-3H3,(H,27,28);/q;;+2/p-2/t2*16-,24+;/m00./s1. The van der Waals surface area contributed by atoms with E-state index in [1.165, 1.54) is 19.9 Å². The van der Waals surface area contributed by atoms with E-state index in [1.54, 1.807) is 67.7 Å². The Morgan fingerprint density at radius 2 is 1.06 bits per heavy atom. The maximum Gasteiger partial charge on any atom is 2.00 e. The molecule has 0 aliphatic carbocycles. The molecule has 0 spiro atoms. The third-order valence-electron chi connectivity index (χ3n) is 10.4. The molecule has 0 aromatic heterocycles. The molecule has 0 saturated heterocycles. The van der Waals surface area contributed by atoms with Gasteiger partial charge in [-0.05, 0) is 123 Å². The molecule has 0 fully saturated rings. The monoisotopic (exact) mass is 958 g/mol. The number of ketones is 2. The number of aromatic hydroxyl groups is 1. The van der Waals surface area contributed by atoms with Crippen molar-refractivity contribution in [1.82, 2.24) is 0 Å². The van der Waals surface area contributed by atoms with Gasteiger partial charge in [0.05, 0.1) is 37.4 Å². The van der Waals surface area contributed by atoms with Crippen molar-refractivity contribution in [2.24, 2.45) is 11.8 Å². The second-order valence-electron chi connectivity index (χ2n) is 15.7. The first-order chi connectivity index (χ1) is 30.5. The zero-order valence-electron chi connectivity index (χ0n) is 38.3. The van der Waals surface area contributed by atoms with Crippen LogP contribution in [0.3, 0.4) is 0 Å². The fourth-order valence-corrected chi connectivity index (χ4v) is 8.49. The quantitative estimate of drug-likeness (QED) is 0.0202. The molecule has 0 aliphatic heterocycles. The van der Waals surface area contributed by atoms with E-state index in [-0.39, 0.29) is 85.1 Å². The second-order valence-corrected chi connectivity index (χ2v) is 18.1. The van der Waals surface area contributed by atoms with Crippen molar-refractivity contribution in [3.63, 3.8) is 0 Å². The van der Waals surface area contributed by atoms with E-state index in [2.05, 4.69) is 0 Å². The molecule has 65 heavy (non-hydrogen) atoms. The minimum absolute atomic E-state index is 0. The first kappa shape index (κ1) is 57.4. The maximum absolute atomic E-state index is 12.5. The molecule has 4 aromatic carbocycles. The molecule has 0 aliphatic rings. The number of benzene rings is 4. The molecule has 0 unspecified atom stereocenters. The van der Waals surface area contributed by atoms with Crippen LogP contribution in [0.2, 0.25) is 0 Å². The van der Waals surface area contributed by atoms with Gasteiger partial charge in [0.15, 0.2) is 11.6 Å². The van der Waals surface area contributed by atoms with Crippen LogP contribution in [-0.4, -0.2) is 106 Å². The van der Waals surface area contributed by atoms with Crippen LogP contribution < -0.4 is 19.7 Å². The fourth-order valence-electron chi connectivity index (χ4n) is 6.84. The summed E-state index contributed by atoms with van der Waals surface area (Å²) in [5.41, 5.74) is 3.16. The number of Topliss-reactive ketones (excluding diaryl/α,β-unsaturated/α-hetero) is 2. The van der Waals surface area contributed by atoms with Crippen LogP contribution in [0.5, 0.6) is 23.0 Å². The van der Waals surface area contributed by atoms with Gasteiger partial charge >= 0.3 is 43.7 Å². The van der Waals surface area contributed by atoms with Crippen LogP contribution >= 0.6 is 23.5 Å². The van der Waals surface area contributed by atoms with Gasteiger partial charge in [0, 0.05) is 38.4 Å². The number of rotatable bonds is 26. The van der Waals surface area contributed by atoms with E-state index in [4.69, 9.17) is 14.6 Å². The van der Waals surface area contributed by atoms with Crippen LogP contribution in [0, 0.1) is 11.8 Å². The molecule has 4 N–H and O–H groups in total. The van der Waals surface area contributed by atoms with E-state index in [0.29, 0.717) is 65.4 Å². The van der Waals surface area contributed by atoms with Gasteiger partial charge in [-0.25, -0.2) is 0 Å². The predicted octanol–water partition coefficient (Wildman–Crippen LogP) is 8.16. The molecule has 0 radical (unpaired) electrons. The average Bonchev–Trinajstić information content (AvgIpc) is 3.25. The van der Waals surface area contributed by atoms with E-state index in [1.807, 2.05) is 50.2 Å². The number of carboxylic acid groups (broad SMARTS) is 2. The number of aliphatic hydroxyl groups excluding tert-OH is 2. The number of ether oxygens (including phenoxy) is 2. The average molecular weight is 959 g/mol. The first-order valence-electron chi connectivity index (χ1n) is 21.7. The summed E-state index contributed by atoms with van der Waals surface area (Å²) in [5, 5.41) is 63.0. The number of aliphatic carboxylic acids is 2. The van der Waals surface area contributed by atoms with Crippen molar-refractivity contribution in [1.29, 1.82) is 0 Å². The van der Waals surface area contributed by atoms with E-state index in [0.717, 1.165) is 47.0 Å². The zero-order chi connectivity index (χ0) is 47.3. The Morgan fingerprint density at radius 3 is 1.48 bits per heavy atom. The van der Waals surface area contributed by atoms with Crippen LogP contribution in [0.15, 0.2) is 82.6 Å². The number of hydrogen-bond acceptors (Lipinski definition) is 13. The van der Waals surface area contributed by atoms with E-state index >= 15 is 0 Å². The number of aliphatic hydroxyl groups is 2. The zero-order valence-corrected chi connectivity index (χ0v) is 42.1. The van der Waals surface area contributed by atoms with Gasteiger partial charge in [-0.3, -0.25) is 14.4 Å². The van der Waals surface area contributed by atoms with Crippen molar-refractivity contribution in [3.8, 4) is 23.0 Å². The second kappa shape index (κ2) is 29.8. The summed E-state index contributed by atoms with van der Waals surface area (Å²) in [6.07, 6.45) is 2.48. The van der Waals surface area contributed by atoms with Crippen molar-refractivity contribution in [2.45, 2.75) is 115 Å². The maximum atomic E-state index is 12.5. The summed E-state index contributed by atoms with van der Waals surface area (Å²) in [4.78, 5) is 46.9. The van der Waals surface area contributed by atoms with Crippen molar-refractivity contribution < 1.29 is 59.3 Å². The third-order valence-corrected chi connectivity index (χ3v) is 12.5. The molecule has 348 valence electrons. The summed E-state index contributed by atoms with van der Waals surface area (Å²) in [5.74, 6) is -0.679. The predicted molar refractivity (Wildman–Crippen MR) is 252 cm³/mol. The van der Waals surface area contributed by atoms with Gasteiger partial charge in [0.1, 0.15) is 17.2 Å². The third kappa shape index (κ3) is 18.8. The number of carboxylic acids is 2. The Balaban J connectivity index is 0.000000440. The summed E-state index contributed by atoms with van der Waals surface area (Å²) >= 11 is 3.32. The Hall–Kier alpha value is -3.76. The Kier molecular flexibility index (Phi) is 26.3. The van der Waals surface area contributed by atoms with Crippen molar-refractivity contribution in [2.75, 3.05) is 24.7 Å². The summed E-state index contributed by atoms with van der Waals surface area (Å²) in [6.45, 7) is 11.2. The summed E-state index contributed by atoms with van der Waals surface area (Å²) < 4.78 is 11.7. The molecule has 0 saturated carbocycles. The van der Waals surface area contributed by atoms with Gasteiger partial charge in [-0.15, -0.1) is 23.5 Å². The van der Waals surface area contributed by atoms with E-state index < -0.39 is 30.1 Å². The number of phenolic OH excluding ortho intramolecular Hbond substituents is 1. The summed E-state index contributed by atoms with van der Waals surface area (Å²) in [7, 11) is 0. The molecule has 0 bridgehead atoms. The van der Waals surface area contributed by atoms with Gasteiger partial charge in [0.2, 0.25) is 0 Å². The molecular formula is C50H62CaO12S2. The number of carbonyl (C=O) groups is 4. The SMILES string of the molecule is CCCc1c(OCCCSc2ccc([C@H](O)[C@@H](C)CC(=O)O)cc2)ccc(C(C)=O)c1O.CCCc1c(OCCCSc2ccc([C@H](O)[C@@H](C)CC(=O)[O-])cc2)ccc(C(C)=O)c1[O-].[Ca+2]. The van der Waals surface area contributed by atoms with Crippen molar-refractivity contribution in [3.05, 3.63) is 106 Å². The molecule has 0 heterocycles. The molecule has 4 aromatic rings. The molecule has 4 atom stereocenters. The molecule has 0 amide bonds. The van der Waals surface area contributed by atoms with Gasteiger partial charge in [-0.1, -0.05) is 70.6 Å². The number of carbonyl (C=O) groups excluding carboxylic acids is 3. The molecule has 15 heteroatoms. The van der Waals surface area contributed by atoms with Crippen LogP contribution in [0.1, 0.15) is 135 Å². The Bertz CT molecular complexity index is 1980. The summed E-state index contributed by atoms with van der Waals surface area (Å²) in [6, 6.07) is 21.5. The minimum atomic E-state index is -1.17. The van der Waals surface area contributed by atoms with Crippen LogP contribution in [-0.2, 0) is 22.4 Å². The van der Waals surface area contributed by atoms with Crippen LogP contribution in [0.4, 0.5) is 0 Å². The topological polar surface area (TPSA) is 214 Å². The van der Waals surface area contributed by atoms with Gasteiger partial charge < -0.3 is 44.9 Å². The van der Waals surface area contributed by atoms with E-state index in [9.17, 15) is 44.7 Å². The van der Waals surface area contributed by atoms with Crippen LogP contribution in [0.25, 0.3) is 0 Å². The van der Waals surface area contributed by atoms with Gasteiger partial charge in [-0.2, -0.15) is 0 Å². The number of phenols is 1. The van der Waals surface area contributed by atoms with Gasteiger partial charge in [0.25, 0.3) is 0 Å². The molecule has 4 rings (SSSR count). The Labute approximate surface area is 421 Å². The normalized spacial score (nSPS) is 12.7.